The molecular weight excluding hydrogens is 550 g/mol. The minimum atomic E-state index is -4.59. The quantitative estimate of drug-likeness (QED) is 0.176. The van der Waals surface area contributed by atoms with E-state index in [-0.39, 0.29) is 18.1 Å². The molecule has 0 aliphatic heterocycles. The van der Waals surface area contributed by atoms with Gasteiger partial charge in [-0.05, 0) is 69.5 Å². The minimum absolute atomic E-state index is 0.153. The summed E-state index contributed by atoms with van der Waals surface area (Å²) < 4.78 is 63.0. The Morgan fingerprint density at radius 2 is 1.78 bits per heavy atom. The molecule has 0 atom stereocenters. The highest BCUT2D eigenvalue weighted by molar-refractivity contribution is 9.10. The highest BCUT2D eigenvalue weighted by atomic mass is 79.9. The van der Waals surface area contributed by atoms with Crippen molar-refractivity contribution in [1.29, 1.82) is 0 Å². The maximum atomic E-state index is 13.1. The van der Waals surface area contributed by atoms with Crippen LogP contribution in [0.5, 0.6) is 11.5 Å². The summed E-state index contributed by atoms with van der Waals surface area (Å²) in [7, 11) is 1.42. The number of carbonyl (C=O) groups excluding carboxylic acids is 2. The van der Waals surface area contributed by atoms with Crippen LogP contribution in [0.25, 0.3) is 0 Å². The van der Waals surface area contributed by atoms with Crippen LogP contribution in [0.4, 0.5) is 23.2 Å². The van der Waals surface area contributed by atoms with Crippen LogP contribution in [0.1, 0.15) is 16.7 Å². The van der Waals surface area contributed by atoms with E-state index in [1.807, 2.05) is 5.43 Å². The molecule has 2 amide bonds. The lowest BCUT2D eigenvalue weighted by Gasteiger charge is -2.13. The molecule has 0 radical (unpaired) electrons. The molecule has 36 heavy (non-hydrogen) atoms. The van der Waals surface area contributed by atoms with E-state index in [1.165, 1.54) is 31.5 Å². The fourth-order valence-electron chi connectivity index (χ4n) is 2.87. The van der Waals surface area contributed by atoms with Gasteiger partial charge in [0.1, 0.15) is 12.4 Å². The van der Waals surface area contributed by atoms with Crippen LogP contribution in [0.3, 0.4) is 0 Å². The third kappa shape index (κ3) is 7.28. The first kappa shape index (κ1) is 26.7. The molecule has 2 N–H and O–H groups in total. The molecule has 0 fully saturated rings. The Balaban J connectivity index is 1.61. The maximum Gasteiger partial charge on any atom is 0.416 e. The number of nitrogens with one attached hydrogen (secondary N) is 2. The molecule has 12 heteroatoms. The number of ether oxygens (including phenoxy) is 2. The first-order chi connectivity index (χ1) is 17.1. The van der Waals surface area contributed by atoms with Gasteiger partial charge in [-0.15, -0.1) is 0 Å². The molecule has 3 aromatic rings. The summed E-state index contributed by atoms with van der Waals surface area (Å²) in [6.07, 6.45) is -3.36. The molecule has 0 aromatic heterocycles. The highest BCUT2D eigenvalue weighted by Crippen LogP contribution is 2.37. The van der Waals surface area contributed by atoms with Crippen LogP contribution in [-0.4, -0.2) is 25.1 Å². The lowest BCUT2D eigenvalue weighted by molar-refractivity contribution is -0.137. The van der Waals surface area contributed by atoms with E-state index in [0.29, 0.717) is 27.6 Å². The van der Waals surface area contributed by atoms with E-state index in [9.17, 15) is 27.2 Å². The Labute approximate surface area is 211 Å². The number of benzene rings is 3. The van der Waals surface area contributed by atoms with Crippen molar-refractivity contribution in [2.24, 2.45) is 5.10 Å². The van der Waals surface area contributed by atoms with Crippen molar-refractivity contribution in [3.63, 3.8) is 0 Å². The first-order valence-corrected chi connectivity index (χ1v) is 10.9. The molecule has 0 bridgehead atoms. The van der Waals surface area contributed by atoms with Crippen molar-refractivity contribution in [2.45, 2.75) is 12.8 Å². The molecule has 7 nitrogen and oxygen atoms in total. The SMILES string of the molecule is COc1cc(C=NNC(=O)C(=O)Nc2cccc(C(F)(F)F)c2)cc(Br)c1OCc1ccc(F)cc1. The third-order valence-electron chi connectivity index (χ3n) is 4.58. The van der Waals surface area contributed by atoms with Gasteiger partial charge < -0.3 is 14.8 Å². The van der Waals surface area contributed by atoms with E-state index in [2.05, 4.69) is 26.3 Å². The molecule has 0 heterocycles. The lowest BCUT2D eigenvalue weighted by atomic mass is 10.2. The molecule has 0 saturated heterocycles. The molecule has 188 valence electrons. The molecule has 0 unspecified atom stereocenters. The second-order valence-electron chi connectivity index (χ2n) is 7.18. The third-order valence-corrected chi connectivity index (χ3v) is 5.17. The fraction of sp³-hybridized carbons (Fsp3) is 0.125. The topological polar surface area (TPSA) is 89.0 Å². The van der Waals surface area contributed by atoms with Crippen molar-refractivity contribution in [3.8, 4) is 11.5 Å². The summed E-state index contributed by atoms with van der Waals surface area (Å²) in [5.41, 5.74) is 2.03. The van der Waals surface area contributed by atoms with Crippen LogP contribution in [-0.2, 0) is 22.4 Å². The lowest BCUT2D eigenvalue weighted by Crippen LogP contribution is -2.32. The predicted octanol–water partition coefficient (Wildman–Crippen LogP) is 5.28. The van der Waals surface area contributed by atoms with E-state index < -0.39 is 23.6 Å². The fourth-order valence-corrected chi connectivity index (χ4v) is 3.44. The van der Waals surface area contributed by atoms with Gasteiger partial charge in [0.25, 0.3) is 0 Å². The van der Waals surface area contributed by atoms with Crippen LogP contribution >= 0.6 is 15.9 Å². The van der Waals surface area contributed by atoms with Gasteiger partial charge in [0.2, 0.25) is 0 Å². The smallest absolute Gasteiger partial charge is 0.416 e. The standard InChI is InChI=1S/C24H18BrF4N3O4/c1-35-20-10-15(9-19(25)21(20)36-13-14-5-7-17(26)8-6-14)12-30-32-23(34)22(33)31-18-4-2-3-16(11-18)24(27,28)29/h2-12H,13H2,1H3,(H,31,33)(H,32,34). The first-order valence-electron chi connectivity index (χ1n) is 10.1. The van der Waals surface area contributed by atoms with E-state index in [1.54, 1.807) is 24.3 Å². The summed E-state index contributed by atoms with van der Waals surface area (Å²) >= 11 is 3.37. The number of nitrogens with zero attached hydrogens (tertiary/aromatic N) is 1. The van der Waals surface area contributed by atoms with Crippen molar-refractivity contribution in [1.82, 2.24) is 5.43 Å². The van der Waals surface area contributed by atoms with Crippen LogP contribution in [0.2, 0.25) is 0 Å². The van der Waals surface area contributed by atoms with Crippen molar-refractivity contribution >= 4 is 39.6 Å². The average molecular weight is 568 g/mol. The number of methoxy groups -OCH3 is 1. The molecule has 3 aromatic carbocycles. The number of alkyl halides is 3. The van der Waals surface area contributed by atoms with Gasteiger partial charge in [-0.1, -0.05) is 18.2 Å². The number of anilines is 1. The molecule has 0 aliphatic carbocycles. The van der Waals surface area contributed by atoms with Crippen LogP contribution < -0.4 is 20.2 Å². The van der Waals surface area contributed by atoms with Gasteiger partial charge in [-0.2, -0.15) is 18.3 Å². The van der Waals surface area contributed by atoms with Gasteiger partial charge in [0.05, 0.1) is 23.4 Å². The largest absolute Gasteiger partial charge is 0.493 e. The molecule has 0 spiro atoms. The Bertz CT molecular complexity index is 1280. The number of rotatable bonds is 7. The zero-order valence-electron chi connectivity index (χ0n) is 18.5. The highest BCUT2D eigenvalue weighted by Gasteiger charge is 2.30. The summed E-state index contributed by atoms with van der Waals surface area (Å²) in [4.78, 5) is 23.9. The van der Waals surface area contributed by atoms with Gasteiger partial charge in [-0.3, -0.25) is 9.59 Å². The Morgan fingerprint density at radius 3 is 2.44 bits per heavy atom. The zero-order valence-corrected chi connectivity index (χ0v) is 20.1. The zero-order chi connectivity index (χ0) is 26.3. The molecule has 0 saturated carbocycles. The summed E-state index contributed by atoms with van der Waals surface area (Å²) in [6, 6.07) is 12.8. The summed E-state index contributed by atoms with van der Waals surface area (Å²) in [5, 5.41) is 5.77. The second-order valence-corrected chi connectivity index (χ2v) is 8.04. The number of halogens is 5. The van der Waals surface area contributed by atoms with Crippen molar-refractivity contribution in [3.05, 3.63) is 87.6 Å². The van der Waals surface area contributed by atoms with Gasteiger partial charge in [-0.25, -0.2) is 9.82 Å². The van der Waals surface area contributed by atoms with Gasteiger partial charge in [0.15, 0.2) is 11.5 Å². The molecule has 0 aliphatic rings. The van der Waals surface area contributed by atoms with Gasteiger partial charge >= 0.3 is 18.0 Å². The van der Waals surface area contributed by atoms with E-state index >= 15 is 0 Å². The van der Waals surface area contributed by atoms with Crippen molar-refractivity contribution < 1.29 is 36.6 Å². The Morgan fingerprint density at radius 1 is 1.06 bits per heavy atom. The maximum absolute atomic E-state index is 13.1. The minimum Gasteiger partial charge on any atom is -0.493 e. The van der Waals surface area contributed by atoms with Gasteiger partial charge in [0, 0.05) is 5.69 Å². The number of carbonyl (C=O) groups is 2. The van der Waals surface area contributed by atoms with Crippen molar-refractivity contribution in [2.75, 3.05) is 12.4 Å². The number of hydrazone groups is 1. The summed E-state index contributed by atoms with van der Waals surface area (Å²) in [5.74, 6) is -2.03. The Kier molecular flexibility index (Phi) is 8.64. The predicted molar refractivity (Wildman–Crippen MR) is 127 cm³/mol. The number of hydrogen-bond donors (Lipinski definition) is 2. The van der Waals surface area contributed by atoms with E-state index in [4.69, 9.17) is 9.47 Å². The Hall–Kier alpha value is -3.93. The monoisotopic (exact) mass is 567 g/mol. The molecular formula is C24H18BrF4N3O4. The average Bonchev–Trinajstić information content (AvgIpc) is 2.83. The molecule has 3 rings (SSSR count). The number of amides is 2. The van der Waals surface area contributed by atoms with Crippen LogP contribution in [0.15, 0.2) is 70.2 Å². The number of hydrogen-bond acceptors (Lipinski definition) is 5. The van der Waals surface area contributed by atoms with Crippen LogP contribution in [0, 0.1) is 5.82 Å². The normalized spacial score (nSPS) is 11.3. The second kappa shape index (κ2) is 11.7. The summed E-state index contributed by atoms with van der Waals surface area (Å²) in [6.45, 7) is 0.153. The van der Waals surface area contributed by atoms with E-state index in [0.717, 1.165) is 17.7 Å².